The molecule has 1 aliphatic heterocycles. The first-order valence-electron chi connectivity index (χ1n) is 9.84. The number of nitrogens with zero attached hydrogens (tertiary/aromatic N) is 3. The van der Waals surface area contributed by atoms with Crippen molar-refractivity contribution >= 4 is 34.5 Å². The van der Waals surface area contributed by atoms with Crippen LogP contribution >= 0.6 is 11.3 Å². The lowest BCUT2D eigenvalue weighted by molar-refractivity contribution is -0.117. The first kappa shape index (κ1) is 20.2. The number of anilines is 2. The van der Waals surface area contributed by atoms with E-state index in [1.807, 2.05) is 18.4 Å². The van der Waals surface area contributed by atoms with E-state index in [9.17, 15) is 9.59 Å². The molecular formula is C21H23N5O3S. The second-order valence-corrected chi connectivity index (χ2v) is 8.23. The van der Waals surface area contributed by atoms with E-state index in [1.54, 1.807) is 30.3 Å². The average molecular weight is 426 g/mol. The highest BCUT2D eigenvalue weighted by atomic mass is 32.1. The predicted octanol–water partition coefficient (Wildman–Crippen LogP) is 3.51. The second-order valence-electron chi connectivity index (χ2n) is 7.29. The number of amides is 2. The molecule has 4 rings (SSSR count). The minimum Gasteiger partial charge on any atom is -0.339 e. The highest BCUT2D eigenvalue weighted by Gasteiger charge is 2.25. The van der Waals surface area contributed by atoms with Gasteiger partial charge in [-0.2, -0.15) is 4.98 Å². The largest absolute Gasteiger partial charge is 0.339 e. The number of carbonyl (C=O) groups is 2. The monoisotopic (exact) mass is 425 g/mol. The van der Waals surface area contributed by atoms with Gasteiger partial charge in [-0.3, -0.25) is 14.5 Å². The van der Waals surface area contributed by atoms with Gasteiger partial charge in [-0.05, 0) is 68.6 Å². The highest BCUT2D eigenvalue weighted by molar-refractivity contribution is 7.12. The maximum atomic E-state index is 12.4. The number of aromatic nitrogens is 2. The van der Waals surface area contributed by atoms with Crippen molar-refractivity contribution in [2.24, 2.45) is 0 Å². The fraction of sp³-hybridized carbons (Fsp3) is 0.333. The van der Waals surface area contributed by atoms with Crippen LogP contribution in [0.3, 0.4) is 0 Å². The van der Waals surface area contributed by atoms with Crippen LogP contribution in [0.5, 0.6) is 0 Å². The minimum atomic E-state index is -0.138. The van der Waals surface area contributed by atoms with E-state index in [2.05, 4.69) is 25.7 Å². The third-order valence-corrected chi connectivity index (χ3v) is 5.89. The predicted molar refractivity (Wildman–Crippen MR) is 115 cm³/mol. The number of aryl methyl sites for hydroxylation is 1. The zero-order valence-corrected chi connectivity index (χ0v) is 17.4. The van der Waals surface area contributed by atoms with Crippen LogP contribution in [-0.2, 0) is 4.79 Å². The van der Waals surface area contributed by atoms with Crippen molar-refractivity contribution < 1.29 is 14.1 Å². The first-order valence-corrected chi connectivity index (χ1v) is 10.7. The third-order valence-electron chi connectivity index (χ3n) is 5.02. The molecule has 2 aromatic heterocycles. The summed E-state index contributed by atoms with van der Waals surface area (Å²) in [6.45, 7) is 3.78. The number of carbonyl (C=O) groups excluding carboxylic acids is 2. The molecule has 156 valence electrons. The van der Waals surface area contributed by atoms with E-state index in [1.165, 1.54) is 11.3 Å². The zero-order chi connectivity index (χ0) is 20.9. The number of thiophene rings is 1. The Morgan fingerprint density at radius 2 is 1.83 bits per heavy atom. The van der Waals surface area contributed by atoms with E-state index < -0.39 is 0 Å². The van der Waals surface area contributed by atoms with Gasteiger partial charge in [0, 0.05) is 17.3 Å². The van der Waals surface area contributed by atoms with Gasteiger partial charge in [0.05, 0.1) is 11.4 Å². The Bertz CT molecular complexity index is 992. The molecule has 2 amide bonds. The molecule has 0 unspecified atom stereocenters. The fourth-order valence-electron chi connectivity index (χ4n) is 3.46. The van der Waals surface area contributed by atoms with Crippen molar-refractivity contribution in [2.45, 2.75) is 25.7 Å². The number of likely N-dealkylation sites (tertiary alicyclic amines) is 1. The SMILES string of the molecule is Cc1noc(C2CCN(CC(=O)Nc3ccc(NC(=O)c4cccs4)cc3)CC2)n1. The molecule has 2 N–H and O–H groups in total. The van der Waals surface area contributed by atoms with Gasteiger partial charge in [-0.15, -0.1) is 11.3 Å². The van der Waals surface area contributed by atoms with Crippen molar-refractivity contribution in [3.63, 3.8) is 0 Å². The maximum Gasteiger partial charge on any atom is 0.265 e. The van der Waals surface area contributed by atoms with Gasteiger partial charge in [0.25, 0.3) is 5.91 Å². The van der Waals surface area contributed by atoms with Gasteiger partial charge in [-0.1, -0.05) is 11.2 Å². The summed E-state index contributed by atoms with van der Waals surface area (Å²) in [6.07, 6.45) is 1.79. The number of hydrogen-bond acceptors (Lipinski definition) is 7. The molecule has 0 spiro atoms. The molecule has 1 aromatic carbocycles. The first-order chi connectivity index (χ1) is 14.6. The molecule has 1 saturated heterocycles. The van der Waals surface area contributed by atoms with Crippen molar-refractivity contribution in [3.8, 4) is 0 Å². The summed E-state index contributed by atoms with van der Waals surface area (Å²) in [4.78, 5) is 31.6. The van der Waals surface area contributed by atoms with E-state index in [-0.39, 0.29) is 17.7 Å². The molecule has 0 aliphatic carbocycles. The highest BCUT2D eigenvalue weighted by Crippen LogP contribution is 2.26. The van der Waals surface area contributed by atoms with E-state index in [4.69, 9.17) is 4.52 Å². The maximum absolute atomic E-state index is 12.4. The summed E-state index contributed by atoms with van der Waals surface area (Å²) in [7, 11) is 0. The van der Waals surface area contributed by atoms with Crippen LogP contribution in [0.15, 0.2) is 46.3 Å². The summed E-state index contributed by atoms with van der Waals surface area (Å²) in [5.41, 5.74) is 1.38. The summed E-state index contributed by atoms with van der Waals surface area (Å²) in [5.74, 6) is 1.42. The Labute approximate surface area is 178 Å². The molecule has 1 aliphatic rings. The van der Waals surface area contributed by atoms with Crippen LogP contribution < -0.4 is 10.6 Å². The summed E-state index contributed by atoms with van der Waals surface area (Å²) in [6, 6.07) is 10.7. The number of hydrogen-bond donors (Lipinski definition) is 2. The molecule has 3 heterocycles. The number of rotatable bonds is 6. The summed E-state index contributed by atoms with van der Waals surface area (Å²) >= 11 is 1.39. The van der Waals surface area contributed by atoms with E-state index in [0.717, 1.165) is 25.9 Å². The smallest absolute Gasteiger partial charge is 0.265 e. The van der Waals surface area contributed by atoms with E-state index in [0.29, 0.717) is 34.5 Å². The number of nitrogens with one attached hydrogen (secondary N) is 2. The lowest BCUT2D eigenvalue weighted by Crippen LogP contribution is -2.38. The number of benzene rings is 1. The van der Waals surface area contributed by atoms with Crippen LogP contribution in [0.4, 0.5) is 11.4 Å². The molecule has 0 radical (unpaired) electrons. The standard InChI is InChI=1S/C21H23N5O3S/c1-14-22-21(29-25-14)15-8-10-26(11-9-15)13-19(27)23-16-4-6-17(7-5-16)24-20(28)18-3-2-12-30-18/h2-7,12,15H,8-11,13H2,1H3,(H,23,27)(H,24,28). The van der Waals surface area contributed by atoms with Crippen LogP contribution in [0.2, 0.25) is 0 Å². The Kier molecular flexibility index (Phi) is 6.20. The number of piperidine rings is 1. The second kappa shape index (κ2) is 9.19. The lowest BCUT2D eigenvalue weighted by atomic mass is 9.97. The summed E-state index contributed by atoms with van der Waals surface area (Å²) in [5, 5.41) is 11.5. The Hall–Kier alpha value is -3.04. The zero-order valence-electron chi connectivity index (χ0n) is 16.6. The molecule has 0 saturated carbocycles. The van der Waals surface area contributed by atoms with Crippen molar-refractivity contribution in [1.29, 1.82) is 0 Å². The van der Waals surface area contributed by atoms with Gasteiger partial charge in [0.2, 0.25) is 11.8 Å². The Balaban J connectivity index is 1.23. The van der Waals surface area contributed by atoms with Gasteiger partial charge in [0.15, 0.2) is 5.82 Å². The van der Waals surface area contributed by atoms with Gasteiger partial charge in [-0.25, -0.2) is 0 Å². The van der Waals surface area contributed by atoms with Crippen LogP contribution in [0.1, 0.15) is 40.1 Å². The molecule has 30 heavy (non-hydrogen) atoms. The molecule has 1 fully saturated rings. The van der Waals surface area contributed by atoms with Crippen LogP contribution in [-0.4, -0.2) is 46.5 Å². The van der Waals surface area contributed by atoms with Crippen LogP contribution in [0.25, 0.3) is 0 Å². The van der Waals surface area contributed by atoms with E-state index >= 15 is 0 Å². The minimum absolute atomic E-state index is 0.0579. The van der Waals surface area contributed by atoms with Crippen molar-refractivity contribution in [1.82, 2.24) is 15.0 Å². The fourth-order valence-corrected chi connectivity index (χ4v) is 4.08. The van der Waals surface area contributed by atoms with Gasteiger partial charge in [0.1, 0.15) is 0 Å². The summed E-state index contributed by atoms with van der Waals surface area (Å²) < 4.78 is 5.27. The lowest BCUT2D eigenvalue weighted by Gasteiger charge is -2.29. The van der Waals surface area contributed by atoms with Crippen molar-refractivity contribution in [3.05, 3.63) is 58.4 Å². The van der Waals surface area contributed by atoms with Crippen molar-refractivity contribution in [2.75, 3.05) is 30.3 Å². The molecular weight excluding hydrogens is 402 g/mol. The third kappa shape index (κ3) is 5.11. The molecule has 8 nitrogen and oxygen atoms in total. The van der Waals surface area contributed by atoms with Crippen LogP contribution in [0, 0.1) is 6.92 Å². The molecule has 3 aromatic rings. The Morgan fingerprint density at radius 1 is 1.13 bits per heavy atom. The Morgan fingerprint density at radius 3 is 2.43 bits per heavy atom. The normalized spacial score (nSPS) is 15.1. The topological polar surface area (TPSA) is 100 Å². The molecule has 9 heteroatoms. The van der Waals surface area contributed by atoms with Gasteiger partial charge >= 0.3 is 0 Å². The molecule has 0 bridgehead atoms. The quantitative estimate of drug-likeness (QED) is 0.627. The molecule has 0 atom stereocenters. The average Bonchev–Trinajstić information content (AvgIpc) is 3.42. The van der Waals surface area contributed by atoms with Gasteiger partial charge < -0.3 is 15.2 Å².